The Morgan fingerprint density at radius 3 is 2.65 bits per heavy atom. The second-order valence-electron chi connectivity index (χ2n) is 6.17. The molecule has 0 radical (unpaired) electrons. The number of pyridine rings is 1. The van der Waals surface area contributed by atoms with Gasteiger partial charge in [0.05, 0.1) is 16.2 Å². The lowest BCUT2D eigenvalue weighted by molar-refractivity contribution is 0.600. The van der Waals surface area contributed by atoms with Gasteiger partial charge in [0.2, 0.25) is 0 Å². The van der Waals surface area contributed by atoms with Crippen molar-refractivity contribution in [3.63, 3.8) is 0 Å². The number of benzene rings is 2. The third-order valence-corrected chi connectivity index (χ3v) is 6.21. The minimum atomic E-state index is -3.04. The molecule has 1 aromatic heterocycles. The molecule has 4 rings (SSSR count). The van der Waals surface area contributed by atoms with Crippen LogP contribution in [-0.2, 0) is 22.7 Å². The van der Waals surface area contributed by atoms with Gasteiger partial charge in [-0.25, -0.2) is 8.42 Å². The zero-order valence-corrected chi connectivity index (χ0v) is 13.7. The van der Waals surface area contributed by atoms with Gasteiger partial charge >= 0.3 is 0 Å². The van der Waals surface area contributed by atoms with Crippen LogP contribution in [0.1, 0.15) is 22.4 Å². The maximum Gasteiger partial charge on any atom is 0.178 e. The molecule has 0 bridgehead atoms. The van der Waals surface area contributed by atoms with Crippen LogP contribution in [0.3, 0.4) is 0 Å². The molecule has 1 aliphatic rings. The summed E-state index contributed by atoms with van der Waals surface area (Å²) in [6.07, 6.45) is 1.43. The van der Waals surface area contributed by atoms with Gasteiger partial charge in [-0.1, -0.05) is 24.3 Å². The average Bonchev–Trinajstić information content (AvgIpc) is 2.82. The van der Waals surface area contributed by atoms with E-state index >= 15 is 0 Å². The minimum absolute atomic E-state index is 0.243. The molecule has 0 saturated carbocycles. The summed E-state index contributed by atoms with van der Waals surface area (Å²) in [5.74, 6) is 0.243. The predicted molar refractivity (Wildman–Crippen MR) is 91.5 cm³/mol. The molecule has 0 unspecified atom stereocenters. The third-order valence-electron chi connectivity index (χ3n) is 4.40. The molecule has 2 heterocycles. The Bertz CT molecular complexity index is 1020. The highest BCUT2D eigenvalue weighted by atomic mass is 32.2. The molecule has 0 aliphatic carbocycles. The van der Waals surface area contributed by atoms with Crippen molar-refractivity contribution in [1.29, 1.82) is 0 Å². The van der Waals surface area contributed by atoms with E-state index in [1.54, 1.807) is 6.07 Å². The summed E-state index contributed by atoms with van der Waals surface area (Å²) >= 11 is 0. The number of fused-ring (bicyclic) bond motifs is 2. The Balaban J connectivity index is 1.67. The first kappa shape index (κ1) is 14.4. The van der Waals surface area contributed by atoms with Crippen molar-refractivity contribution < 1.29 is 8.42 Å². The number of hydrogen-bond donors (Lipinski definition) is 0. The molecular formula is C19H17NO2S. The lowest BCUT2D eigenvalue weighted by Crippen LogP contribution is -1.98. The maximum atomic E-state index is 11.9. The van der Waals surface area contributed by atoms with Gasteiger partial charge in [-0.3, -0.25) is 4.98 Å². The van der Waals surface area contributed by atoms with E-state index in [-0.39, 0.29) is 5.75 Å². The van der Waals surface area contributed by atoms with Crippen molar-refractivity contribution in [2.45, 2.75) is 24.7 Å². The first-order chi connectivity index (χ1) is 11.0. The van der Waals surface area contributed by atoms with Gasteiger partial charge in [0.1, 0.15) is 0 Å². The summed E-state index contributed by atoms with van der Waals surface area (Å²) in [6.45, 7) is 1.99. The van der Waals surface area contributed by atoms with Gasteiger partial charge in [0, 0.05) is 11.1 Å². The van der Waals surface area contributed by atoms with E-state index in [0.29, 0.717) is 11.3 Å². The van der Waals surface area contributed by atoms with Crippen LogP contribution in [0.5, 0.6) is 0 Å². The van der Waals surface area contributed by atoms with Gasteiger partial charge in [-0.2, -0.15) is 0 Å². The van der Waals surface area contributed by atoms with Crippen molar-refractivity contribution in [2.24, 2.45) is 0 Å². The summed E-state index contributed by atoms with van der Waals surface area (Å²) in [5.41, 5.74) is 5.35. The number of sulfone groups is 1. The van der Waals surface area contributed by atoms with Crippen molar-refractivity contribution in [3.05, 3.63) is 70.9 Å². The average molecular weight is 323 g/mol. The first-order valence-corrected chi connectivity index (χ1v) is 9.37. The zero-order valence-electron chi connectivity index (χ0n) is 12.9. The Morgan fingerprint density at radius 2 is 1.78 bits per heavy atom. The monoisotopic (exact) mass is 323 g/mol. The lowest BCUT2D eigenvalue weighted by Gasteiger charge is -2.06. The van der Waals surface area contributed by atoms with E-state index in [2.05, 4.69) is 29.2 Å². The molecule has 116 valence electrons. The van der Waals surface area contributed by atoms with Crippen molar-refractivity contribution in [2.75, 3.05) is 5.75 Å². The van der Waals surface area contributed by atoms with Crippen molar-refractivity contribution >= 4 is 20.7 Å². The van der Waals surface area contributed by atoms with Crippen LogP contribution in [-0.4, -0.2) is 19.2 Å². The van der Waals surface area contributed by atoms with Crippen molar-refractivity contribution in [1.82, 2.24) is 4.98 Å². The number of aryl methyl sites for hydroxylation is 2. The summed E-state index contributed by atoms with van der Waals surface area (Å²) in [7, 11) is -3.04. The summed E-state index contributed by atoms with van der Waals surface area (Å²) in [5, 5.41) is 1.14. The highest BCUT2D eigenvalue weighted by Crippen LogP contribution is 2.27. The number of rotatable bonds is 2. The van der Waals surface area contributed by atoms with Gasteiger partial charge in [-0.15, -0.1) is 0 Å². The molecule has 0 spiro atoms. The Labute approximate surface area is 135 Å². The molecule has 3 aromatic rings. The Kier molecular flexibility index (Phi) is 3.23. The normalized spacial score (nSPS) is 15.7. The zero-order chi connectivity index (χ0) is 16.0. The molecule has 3 nitrogen and oxygen atoms in total. The van der Waals surface area contributed by atoms with E-state index in [1.165, 1.54) is 5.56 Å². The number of aromatic nitrogens is 1. The summed E-state index contributed by atoms with van der Waals surface area (Å²) in [6, 6.07) is 16.2. The third kappa shape index (κ3) is 2.63. The highest BCUT2D eigenvalue weighted by molar-refractivity contribution is 7.91. The van der Waals surface area contributed by atoms with E-state index in [1.807, 2.05) is 25.1 Å². The molecular weight excluding hydrogens is 306 g/mol. The quantitative estimate of drug-likeness (QED) is 0.725. The van der Waals surface area contributed by atoms with Crippen LogP contribution in [0.4, 0.5) is 0 Å². The fourth-order valence-electron chi connectivity index (χ4n) is 3.22. The molecule has 0 atom stereocenters. The molecule has 0 saturated heterocycles. The molecule has 4 heteroatoms. The van der Waals surface area contributed by atoms with Crippen LogP contribution in [0.2, 0.25) is 0 Å². The van der Waals surface area contributed by atoms with Gasteiger partial charge in [-0.05, 0) is 60.7 Å². The standard InChI is InChI=1S/C19H17NO2S/c1-13-2-5-16-11-14(3-6-18(16)20-13)10-15-4-7-19-17(12-15)8-9-23(19,21)22/h2-7,11-12H,8-10H2,1H3. The molecule has 1 aliphatic heterocycles. The Morgan fingerprint density at radius 1 is 1.00 bits per heavy atom. The smallest absolute Gasteiger partial charge is 0.178 e. The second kappa shape index (κ2) is 5.17. The van der Waals surface area contributed by atoms with E-state index in [0.717, 1.165) is 34.1 Å². The number of hydrogen-bond acceptors (Lipinski definition) is 3. The molecule has 23 heavy (non-hydrogen) atoms. The van der Waals surface area contributed by atoms with E-state index < -0.39 is 9.84 Å². The molecule has 0 amide bonds. The van der Waals surface area contributed by atoms with E-state index in [9.17, 15) is 8.42 Å². The van der Waals surface area contributed by atoms with Crippen LogP contribution in [0.25, 0.3) is 10.9 Å². The van der Waals surface area contributed by atoms with Crippen LogP contribution < -0.4 is 0 Å². The topological polar surface area (TPSA) is 47.0 Å². The molecule has 0 N–H and O–H groups in total. The SMILES string of the molecule is Cc1ccc2cc(Cc3ccc4c(c3)CCS4(=O)=O)ccc2n1. The van der Waals surface area contributed by atoms with Crippen LogP contribution in [0.15, 0.2) is 53.4 Å². The van der Waals surface area contributed by atoms with Crippen LogP contribution in [0, 0.1) is 6.92 Å². The van der Waals surface area contributed by atoms with Gasteiger partial charge in [0.25, 0.3) is 0 Å². The van der Waals surface area contributed by atoms with Crippen molar-refractivity contribution in [3.8, 4) is 0 Å². The van der Waals surface area contributed by atoms with Gasteiger partial charge < -0.3 is 0 Å². The van der Waals surface area contributed by atoms with Crippen LogP contribution >= 0.6 is 0 Å². The second-order valence-corrected chi connectivity index (χ2v) is 8.24. The summed E-state index contributed by atoms with van der Waals surface area (Å²) < 4.78 is 23.8. The predicted octanol–water partition coefficient (Wildman–Crippen LogP) is 3.46. The fourth-order valence-corrected chi connectivity index (χ4v) is 4.76. The van der Waals surface area contributed by atoms with E-state index in [4.69, 9.17) is 0 Å². The van der Waals surface area contributed by atoms with Gasteiger partial charge in [0.15, 0.2) is 9.84 Å². The maximum absolute atomic E-state index is 11.9. The summed E-state index contributed by atoms with van der Waals surface area (Å²) in [4.78, 5) is 5.03. The number of nitrogens with zero attached hydrogens (tertiary/aromatic N) is 1. The highest BCUT2D eigenvalue weighted by Gasteiger charge is 2.25. The molecule has 0 fully saturated rings. The minimum Gasteiger partial charge on any atom is -0.253 e. The first-order valence-electron chi connectivity index (χ1n) is 7.72. The lowest BCUT2D eigenvalue weighted by atomic mass is 10.0. The largest absolute Gasteiger partial charge is 0.253 e. The molecule has 2 aromatic carbocycles. The Hall–Kier alpha value is -2.20. The fraction of sp³-hybridized carbons (Fsp3) is 0.211.